The second kappa shape index (κ2) is 5.10. The van der Waals surface area contributed by atoms with Crippen molar-refractivity contribution in [3.63, 3.8) is 0 Å². The Morgan fingerprint density at radius 1 is 1.23 bits per heavy atom. The van der Waals surface area contributed by atoms with Crippen LogP contribution in [0.25, 0.3) is 0 Å². The summed E-state index contributed by atoms with van der Waals surface area (Å²) in [4.78, 5) is 0.127. The van der Waals surface area contributed by atoms with Crippen molar-refractivity contribution in [2.45, 2.75) is 49.4 Å². The highest BCUT2D eigenvalue weighted by atomic mass is 79.9. The molecule has 0 saturated carbocycles. The summed E-state index contributed by atoms with van der Waals surface area (Å²) < 4.78 is -0.787. The highest BCUT2D eigenvalue weighted by Crippen LogP contribution is 2.27. The molecular weight excluding hydrogens is 296 g/mol. The fraction of sp³-hybridized carbons (Fsp3) is 1.00. The zero-order valence-electron chi connectivity index (χ0n) is 8.61. The number of rotatable bonds is 4. The maximum absolute atomic E-state index is 5.68. The summed E-state index contributed by atoms with van der Waals surface area (Å²) in [6.45, 7) is 6.72. The van der Waals surface area contributed by atoms with Crippen molar-refractivity contribution in [3.05, 3.63) is 0 Å². The van der Waals surface area contributed by atoms with Crippen molar-refractivity contribution in [1.82, 2.24) is 0 Å². The van der Waals surface area contributed by atoms with E-state index >= 15 is 0 Å². The SMILES string of the molecule is CC(C)(C)CCCC(Br)C(N)(N)Br. The van der Waals surface area contributed by atoms with Crippen molar-refractivity contribution in [2.24, 2.45) is 16.9 Å². The van der Waals surface area contributed by atoms with Gasteiger partial charge in [0, 0.05) is 0 Å². The standard InChI is InChI=1S/C9H20Br2N2/c1-8(2,3)6-4-5-7(10)9(11,12)13/h7H,4-6,12-13H2,1-3H3. The van der Waals surface area contributed by atoms with Crippen molar-refractivity contribution in [1.29, 1.82) is 0 Å². The minimum atomic E-state index is -0.787. The van der Waals surface area contributed by atoms with E-state index in [4.69, 9.17) is 11.5 Å². The Hall–Kier alpha value is 0.880. The Balaban J connectivity index is 3.67. The lowest BCUT2D eigenvalue weighted by atomic mass is 9.89. The first kappa shape index (κ1) is 13.9. The van der Waals surface area contributed by atoms with Crippen LogP contribution in [0.3, 0.4) is 0 Å². The van der Waals surface area contributed by atoms with E-state index in [1.165, 1.54) is 6.42 Å². The molecule has 0 rings (SSSR count). The smallest absolute Gasteiger partial charge is 0.134 e. The van der Waals surface area contributed by atoms with Gasteiger partial charge in [-0.05, 0) is 34.2 Å². The molecule has 0 spiro atoms. The lowest BCUT2D eigenvalue weighted by Gasteiger charge is -2.25. The Morgan fingerprint density at radius 3 is 2.00 bits per heavy atom. The number of hydrogen-bond donors (Lipinski definition) is 2. The lowest BCUT2D eigenvalue weighted by Crippen LogP contribution is -2.50. The van der Waals surface area contributed by atoms with Crippen LogP contribution in [-0.4, -0.2) is 9.40 Å². The summed E-state index contributed by atoms with van der Waals surface area (Å²) in [5.41, 5.74) is 11.7. The molecule has 0 aliphatic heterocycles. The minimum Gasteiger partial charge on any atom is -0.303 e. The van der Waals surface area contributed by atoms with E-state index in [2.05, 4.69) is 52.6 Å². The molecule has 13 heavy (non-hydrogen) atoms. The third kappa shape index (κ3) is 7.91. The second-order valence-corrected chi connectivity index (χ2v) is 7.23. The molecule has 0 heterocycles. The summed E-state index contributed by atoms with van der Waals surface area (Å²) in [6.07, 6.45) is 3.33. The molecule has 4 heteroatoms. The van der Waals surface area contributed by atoms with Gasteiger partial charge in [0.15, 0.2) is 0 Å². The zero-order chi connectivity index (χ0) is 10.7. The van der Waals surface area contributed by atoms with Crippen LogP contribution in [0, 0.1) is 5.41 Å². The van der Waals surface area contributed by atoms with Crippen molar-refractivity contribution in [2.75, 3.05) is 0 Å². The van der Waals surface area contributed by atoms with Crippen LogP contribution in [0.1, 0.15) is 40.0 Å². The molecule has 1 atom stereocenters. The van der Waals surface area contributed by atoms with Gasteiger partial charge in [0.1, 0.15) is 4.57 Å². The monoisotopic (exact) mass is 314 g/mol. The van der Waals surface area contributed by atoms with Gasteiger partial charge in [0.05, 0.1) is 4.83 Å². The molecule has 1 unspecified atom stereocenters. The fourth-order valence-corrected chi connectivity index (χ4v) is 1.59. The van der Waals surface area contributed by atoms with Gasteiger partial charge in [-0.3, -0.25) is 0 Å². The van der Waals surface area contributed by atoms with Gasteiger partial charge in [-0.2, -0.15) is 0 Å². The second-order valence-electron chi connectivity index (χ2n) is 4.75. The van der Waals surface area contributed by atoms with E-state index in [9.17, 15) is 0 Å². The van der Waals surface area contributed by atoms with E-state index in [1.54, 1.807) is 0 Å². The highest BCUT2D eigenvalue weighted by molar-refractivity contribution is 9.12. The molecule has 80 valence electrons. The van der Waals surface area contributed by atoms with Gasteiger partial charge in [0.25, 0.3) is 0 Å². The predicted molar refractivity (Wildman–Crippen MR) is 66.1 cm³/mol. The van der Waals surface area contributed by atoms with Gasteiger partial charge in [-0.15, -0.1) is 0 Å². The number of hydrogen-bond acceptors (Lipinski definition) is 2. The lowest BCUT2D eigenvalue weighted by molar-refractivity contribution is 0.355. The molecular formula is C9H20Br2N2. The molecule has 0 radical (unpaired) electrons. The van der Waals surface area contributed by atoms with Crippen molar-refractivity contribution >= 4 is 31.9 Å². The molecule has 0 aliphatic carbocycles. The van der Waals surface area contributed by atoms with Crippen LogP contribution in [-0.2, 0) is 0 Å². The quantitative estimate of drug-likeness (QED) is 0.476. The molecule has 2 nitrogen and oxygen atoms in total. The average Bonchev–Trinajstić information content (AvgIpc) is 1.82. The summed E-state index contributed by atoms with van der Waals surface area (Å²) in [6, 6.07) is 0. The van der Waals surface area contributed by atoms with Crippen molar-refractivity contribution in [3.8, 4) is 0 Å². The van der Waals surface area contributed by atoms with Gasteiger partial charge in [-0.25, -0.2) is 0 Å². The zero-order valence-corrected chi connectivity index (χ0v) is 11.8. The summed E-state index contributed by atoms with van der Waals surface area (Å²) in [5, 5.41) is 0. The Bertz CT molecular complexity index is 147. The molecule has 0 aliphatic rings. The summed E-state index contributed by atoms with van der Waals surface area (Å²) in [5.74, 6) is 0. The Labute approximate surface area is 98.1 Å². The van der Waals surface area contributed by atoms with Gasteiger partial charge >= 0.3 is 0 Å². The largest absolute Gasteiger partial charge is 0.303 e. The molecule has 4 N–H and O–H groups in total. The summed E-state index contributed by atoms with van der Waals surface area (Å²) in [7, 11) is 0. The molecule has 0 aromatic carbocycles. The minimum absolute atomic E-state index is 0.127. The molecule has 0 aromatic rings. The average molecular weight is 316 g/mol. The van der Waals surface area contributed by atoms with Crippen LogP contribution in [0.15, 0.2) is 0 Å². The van der Waals surface area contributed by atoms with Crippen LogP contribution in [0.4, 0.5) is 0 Å². The van der Waals surface area contributed by atoms with E-state index < -0.39 is 4.57 Å². The maximum atomic E-state index is 5.68. The topological polar surface area (TPSA) is 52.0 Å². The highest BCUT2D eigenvalue weighted by Gasteiger charge is 2.25. The first-order valence-corrected chi connectivity index (χ1v) is 6.24. The normalized spacial score (nSPS) is 15.9. The predicted octanol–water partition coefficient (Wildman–Crippen LogP) is 2.93. The van der Waals surface area contributed by atoms with E-state index in [-0.39, 0.29) is 4.83 Å². The van der Waals surface area contributed by atoms with Crippen molar-refractivity contribution < 1.29 is 0 Å². The molecule has 0 amide bonds. The van der Waals surface area contributed by atoms with Crippen LogP contribution in [0.2, 0.25) is 0 Å². The molecule has 0 fully saturated rings. The Kier molecular flexibility index (Phi) is 5.44. The maximum Gasteiger partial charge on any atom is 0.134 e. The fourth-order valence-electron chi connectivity index (χ4n) is 1.03. The Morgan fingerprint density at radius 2 is 1.69 bits per heavy atom. The van der Waals surface area contributed by atoms with Gasteiger partial charge in [0.2, 0.25) is 0 Å². The third-order valence-electron chi connectivity index (χ3n) is 1.86. The number of nitrogens with two attached hydrogens (primary N) is 2. The summed E-state index contributed by atoms with van der Waals surface area (Å²) >= 11 is 6.70. The van der Waals surface area contributed by atoms with E-state index in [0.717, 1.165) is 12.8 Å². The van der Waals surface area contributed by atoms with Gasteiger partial charge in [-0.1, -0.05) is 43.1 Å². The molecule has 0 saturated heterocycles. The van der Waals surface area contributed by atoms with E-state index in [0.29, 0.717) is 5.41 Å². The number of halogens is 2. The van der Waals surface area contributed by atoms with Crippen LogP contribution >= 0.6 is 31.9 Å². The number of alkyl halides is 2. The third-order valence-corrected chi connectivity index (χ3v) is 4.25. The van der Waals surface area contributed by atoms with E-state index in [1.807, 2.05) is 0 Å². The first-order chi connectivity index (χ1) is 5.63. The first-order valence-electron chi connectivity index (χ1n) is 4.54. The molecule has 0 bridgehead atoms. The molecule has 0 aromatic heterocycles. The van der Waals surface area contributed by atoms with Gasteiger partial charge < -0.3 is 11.5 Å². The van der Waals surface area contributed by atoms with Crippen LogP contribution < -0.4 is 11.5 Å². The van der Waals surface area contributed by atoms with Crippen LogP contribution in [0.5, 0.6) is 0 Å².